The van der Waals surface area contributed by atoms with Gasteiger partial charge in [0.05, 0.1) is 22.8 Å². The SMILES string of the molecule is COC(=O)c1cc(S(=O)(=O)Nc2ccc(F)nc2)c(Br)s1. The minimum atomic E-state index is -3.93. The molecule has 2 heterocycles. The highest BCUT2D eigenvalue weighted by Gasteiger charge is 2.23. The van der Waals surface area contributed by atoms with Crippen LogP contribution in [0.5, 0.6) is 0 Å². The Labute approximate surface area is 132 Å². The van der Waals surface area contributed by atoms with E-state index in [0.717, 1.165) is 23.6 Å². The Morgan fingerprint density at radius 2 is 2.19 bits per heavy atom. The van der Waals surface area contributed by atoms with E-state index in [4.69, 9.17) is 0 Å². The number of aromatic nitrogens is 1. The van der Waals surface area contributed by atoms with Gasteiger partial charge in [-0.2, -0.15) is 4.39 Å². The first-order chi connectivity index (χ1) is 9.83. The second kappa shape index (κ2) is 6.08. The summed E-state index contributed by atoms with van der Waals surface area (Å²) in [5.74, 6) is -1.35. The average Bonchev–Trinajstić information content (AvgIpc) is 2.83. The molecule has 112 valence electrons. The molecule has 10 heteroatoms. The number of thiophene rings is 1. The maximum absolute atomic E-state index is 12.7. The van der Waals surface area contributed by atoms with Crippen LogP contribution in [0.2, 0.25) is 0 Å². The Balaban J connectivity index is 2.33. The van der Waals surface area contributed by atoms with Crippen molar-refractivity contribution >= 4 is 48.9 Å². The van der Waals surface area contributed by atoms with Gasteiger partial charge in [-0.1, -0.05) is 0 Å². The highest BCUT2D eigenvalue weighted by Crippen LogP contribution is 2.33. The molecule has 6 nitrogen and oxygen atoms in total. The lowest BCUT2D eigenvalue weighted by molar-refractivity contribution is 0.0606. The van der Waals surface area contributed by atoms with Crippen LogP contribution in [0.3, 0.4) is 0 Å². The van der Waals surface area contributed by atoms with Gasteiger partial charge >= 0.3 is 5.97 Å². The fourth-order valence-corrected chi connectivity index (χ4v) is 4.91. The first kappa shape index (κ1) is 15.9. The van der Waals surface area contributed by atoms with Crippen LogP contribution in [-0.2, 0) is 14.8 Å². The lowest BCUT2D eigenvalue weighted by atomic mass is 10.4. The molecule has 0 bridgehead atoms. The van der Waals surface area contributed by atoms with Gasteiger partial charge < -0.3 is 4.74 Å². The number of nitrogens with one attached hydrogen (secondary N) is 1. The summed E-state index contributed by atoms with van der Waals surface area (Å²) < 4.78 is 44.2. The van der Waals surface area contributed by atoms with Crippen LogP contribution >= 0.6 is 27.3 Å². The minimum absolute atomic E-state index is 0.106. The van der Waals surface area contributed by atoms with Gasteiger partial charge in [-0.15, -0.1) is 11.3 Å². The normalized spacial score (nSPS) is 11.2. The number of pyridine rings is 1. The number of esters is 1. The van der Waals surface area contributed by atoms with E-state index in [0.29, 0.717) is 0 Å². The molecule has 0 fully saturated rings. The predicted molar refractivity (Wildman–Crippen MR) is 78.4 cm³/mol. The fraction of sp³-hybridized carbons (Fsp3) is 0.0909. The standard InChI is InChI=1S/C11H8BrFN2O4S2/c1-19-11(16)7-4-8(10(12)20-7)21(17,18)15-6-2-3-9(13)14-5-6/h2-5,15H,1H3. The smallest absolute Gasteiger partial charge is 0.348 e. The molecule has 0 saturated carbocycles. The molecule has 0 aromatic carbocycles. The van der Waals surface area contributed by atoms with Crippen molar-refractivity contribution < 1.29 is 22.3 Å². The molecule has 0 aliphatic rings. The van der Waals surface area contributed by atoms with Crippen molar-refractivity contribution in [2.75, 3.05) is 11.8 Å². The summed E-state index contributed by atoms with van der Waals surface area (Å²) in [4.78, 5) is 14.8. The zero-order valence-corrected chi connectivity index (χ0v) is 13.7. The van der Waals surface area contributed by atoms with Crippen LogP contribution in [0.15, 0.2) is 33.1 Å². The quantitative estimate of drug-likeness (QED) is 0.636. The van der Waals surface area contributed by atoms with Gasteiger partial charge in [0.15, 0.2) is 0 Å². The molecular formula is C11H8BrFN2O4S2. The lowest BCUT2D eigenvalue weighted by Crippen LogP contribution is -2.13. The summed E-state index contributed by atoms with van der Waals surface area (Å²) in [5, 5.41) is 0. The molecule has 0 aliphatic carbocycles. The van der Waals surface area contributed by atoms with Gasteiger partial charge in [0.1, 0.15) is 9.77 Å². The van der Waals surface area contributed by atoms with Gasteiger partial charge in [-0.25, -0.2) is 18.2 Å². The monoisotopic (exact) mass is 394 g/mol. The molecule has 0 spiro atoms. The maximum Gasteiger partial charge on any atom is 0.348 e. The third-order valence-corrected chi connectivity index (χ3v) is 5.92. The maximum atomic E-state index is 12.7. The number of anilines is 1. The number of methoxy groups -OCH3 is 1. The van der Waals surface area contributed by atoms with E-state index in [1.165, 1.54) is 19.2 Å². The molecular weight excluding hydrogens is 387 g/mol. The number of hydrogen-bond donors (Lipinski definition) is 1. The Morgan fingerprint density at radius 1 is 1.48 bits per heavy atom. The molecule has 0 amide bonds. The summed E-state index contributed by atoms with van der Waals surface area (Å²) in [6.07, 6.45) is 1.05. The number of rotatable bonds is 4. The summed E-state index contributed by atoms with van der Waals surface area (Å²) in [5.41, 5.74) is 0.106. The minimum Gasteiger partial charge on any atom is -0.465 e. The number of halogens is 2. The fourth-order valence-electron chi connectivity index (χ4n) is 1.38. The van der Waals surface area contributed by atoms with Gasteiger partial charge in [-0.3, -0.25) is 4.72 Å². The van der Waals surface area contributed by atoms with Crippen molar-refractivity contribution in [3.63, 3.8) is 0 Å². The molecule has 0 aliphatic heterocycles. The van der Waals surface area contributed by atoms with Crippen LogP contribution in [-0.4, -0.2) is 26.5 Å². The molecule has 0 saturated heterocycles. The zero-order chi connectivity index (χ0) is 15.6. The average molecular weight is 395 g/mol. The van der Waals surface area contributed by atoms with E-state index in [1.807, 2.05) is 0 Å². The van der Waals surface area contributed by atoms with Gasteiger partial charge in [0.2, 0.25) is 5.95 Å². The second-order valence-electron chi connectivity index (χ2n) is 3.72. The summed E-state index contributed by atoms with van der Waals surface area (Å²) in [7, 11) is -2.73. The molecule has 0 unspecified atom stereocenters. The van der Waals surface area contributed by atoms with Crippen LogP contribution in [0.4, 0.5) is 10.1 Å². The first-order valence-electron chi connectivity index (χ1n) is 5.35. The summed E-state index contributed by atoms with van der Waals surface area (Å²) in [6, 6.07) is 3.46. The molecule has 2 rings (SSSR count). The summed E-state index contributed by atoms with van der Waals surface area (Å²) in [6.45, 7) is 0. The Morgan fingerprint density at radius 3 is 2.76 bits per heavy atom. The number of carbonyl (C=O) groups is 1. The van der Waals surface area contributed by atoms with Gasteiger partial charge in [0, 0.05) is 0 Å². The molecule has 0 radical (unpaired) electrons. The van der Waals surface area contributed by atoms with Crippen LogP contribution in [0.25, 0.3) is 0 Å². The second-order valence-corrected chi connectivity index (χ2v) is 7.74. The Bertz CT molecular complexity index is 774. The van der Waals surface area contributed by atoms with Gasteiger partial charge in [-0.05, 0) is 34.1 Å². The first-order valence-corrected chi connectivity index (χ1v) is 8.45. The predicted octanol–water partition coefficient (Wildman–Crippen LogP) is 2.63. The van der Waals surface area contributed by atoms with Gasteiger partial charge in [0.25, 0.3) is 10.0 Å². The van der Waals surface area contributed by atoms with Crippen molar-refractivity contribution in [2.24, 2.45) is 0 Å². The number of carbonyl (C=O) groups excluding carboxylic acids is 1. The van der Waals surface area contributed by atoms with E-state index in [-0.39, 0.29) is 19.2 Å². The molecule has 2 aromatic rings. The van der Waals surface area contributed by atoms with E-state index in [9.17, 15) is 17.6 Å². The Kier molecular flexibility index (Phi) is 4.59. The lowest BCUT2D eigenvalue weighted by Gasteiger charge is -2.06. The molecule has 2 aromatic heterocycles. The number of ether oxygens (including phenoxy) is 1. The van der Waals surface area contributed by atoms with Crippen molar-refractivity contribution in [1.29, 1.82) is 0 Å². The van der Waals surface area contributed by atoms with Crippen molar-refractivity contribution in [2.45, 2.75) is 4.90 Å². The number of nitrogens with zero attached hydrogens (tertiary/aromatic N) is 1. The topological polar surface area (TPSA) is 85.4 Å². The molecule has 0 atom stereocenters. The van der Waals surface area contributed by atoms with E-state index in [2.05, 4.69) is 30.4 Å². The van der Waals surface area contributed by atoms with Crippen LogP contribution in [0, 0.1) is 5.95 Å². The van der Waals surface area contributed by atoms with E-state index in [1.54, 1.807) is 0 Å². The van der Waals surface area contributed by atoms with E-state index < -0.39 is 21.9 Å². The summed E-state index contributed by atoms with van der Waals surface area (Å²) >= 11 is 4.03. The van der Waals surface area contributed by atoms with Crippen LogP contribution in [0.1, 0.15) is 9.67 Å². The zero-order valence-electron chi connectivity index (χ0n) is 10.5. The highest BCUT2D eigenvalue weighted by molar-refractivity contribution is 9.11. The number of sulfonamides is 1. The molecule has 1 N–H and O–H groups in total. The van der Waals surface area contributed by atoms with Crippen LogP contribution < -0.4 is 4.72 Å². The third-order valence-electron chi connectivity index (χ3n) is 2.31. The highest BCUT2D eigenvalue weighted by atomic mass is 79.9. The van der Waals surface area contributed by atoms with Crippen molar-refractivity contribution in [3.8, 4) is 0 Å². The Hall–Kier alpha value is -1.52. The van der Waals surface area contributed by atoms with E-state index >= 15 is 0 Å². The largest absolute Gasteiger partial charge is 0.465 e. The number of hydrogen-bond acceptors (Lipinski definition) is 6. The van der Waals surface area contributed by atoms with Crippen molar-refractivity contribution in [3.05, 3.63) is 39.0 Å². The molecule has 21 heavy (non-hydrogen) atoms. The van der Waals surface area contributed by atoms with Crippen molar-refractivity contribution in [1.82, 2.24) is 4.98 Å². The third kappa shape index (κ3) is 3.57.